The van der Waals surface area contributed by atoms with Gasteiger partial charge in [0, 0.05) is 22.9 Å². The summed E-state index contributed by atoms with van der Waals surface area (Å²) in [5.41, 5.74) is 0.491. The molecule has 2 aromatic carbocycles. The van der Waals surface area contributed by atoms with E-state index >= 15 is 0 Å². The van der Waals surface area contributed by atoms with Gasteiger partial charge in [-0.1, -0.05) is 0 Å². The SMILES string of the molecule is COc1ccc(C(=O)O)c2c1oc1ccc([N+](=O)[O-])cc12.Cl. The highest BCUT2D eigenvalue weighted by Gasteiger charge is 2.20. The molecule has 0 aliphatic rings. The van der Waals surface area contributed by atoms with Crippen molar-refractivity contribution in [3.05, 3.63) is 46.0 Å². The number of non-ortho nitro benzene ring substituents is 1. The zero-order valence-corrected chi connectivity index (χ0v) is 12.0. The lowest BCUT2D eigenvalue weighted by Crippen LogP contribution is -1.97. The second-order valence-electron chi connectivity index (χ2n) is 4.36. The van der Waals surface area contributed by atoms with Crippen LogP contribution in [-0.4, -0.2) is 23.1 Å². The minimum absolute atomic E-state index is 0. The Hall–Kier alpha value is -2.80. The maximum Gasteiger partial charge on any atom is 0.336 e. The number of methoxy groups -OCH3 is 1. The monoisotopic (exact) mass is 323 g/mol. The fraction of sp³-hybridized carbons (Fsp3) is 0.0714. The molecule has 1 heterocycles. The van der Waals surface area contributed by atoms with Gasteiger partial charge in [-0.3, -0.25) is 10.1 Å². The first kappa shape index (κ1) is 15.6. The van der Waals surface area contributed by atoms with Gasteiger partial charge in [-0.25, -0.2) is 4.79 Å². The van der Waals surface area contributed by atoms with Gasteiger partial charge in [0.05, 0.1) is 17.6 Å². The molecular weight excluding hydrogens is 314 g/mol. The third-order valence-electron chi connectivity index (χ3n) is 3.23. The highest BCUT2D eigenvalue weighted by Crippen LogP contribution is 2.38. The minimum atomic E-state index is -1.14. The zero-order valence-electron chi connectivity index (χ0n) is 11.2. The Bertz CT molecular complexity index is 901. The lowest BCUT2D eigenvalue weighted by atomic mass is 10.1. The molecule has 0 fully saturated rings. The summed E-state index contributed by atoms with van der Waals surface area (Å²) in [6.45, 7) is 0. The number of hydrogen-bond acceptors (Lipinski definition) is 5. The van der Waals surface area contributed by atoms with E-state index in [0.29, 0.717) is 22.1 Å². The topological polar surface area (TPSA) is 103 Å². The lowest BCUT2D eigenvalue weighted by Gasteiger charge is -2.02. The van der Waals surface area contributed by atoms with Crippen molar-refractivity contribution in [3.63, 3.8) is 0 Å². The van der Waals surface area contributed by atoms with E-state index < -0.39 is 10.9 Å². The van der Waals surface area contributed by atoms with E-state index in [0.717, 1.165) is 0 Å². The number of fused-ring (bicyclic) bond motifs is 3. The van der Waals surface area contributed by atoms with Crippen LogP contribution in [0.15, 0.2) is 34.7 Å². The summed E-state index contributed by atoms with van der Waals surface area (Å²) >= 11 is 0. The van der Waals surface area contributed by atoms with Crippen LogP contribution >= 0.6 is 12.4 Å². The van der Waals surface area contributed by atoms with E-state index in [1.807, 2.05) is 0 Å². The standard InChI is InChI=1S/C14H9NO6.ClH/c1-20-11-5-3-8(14(16)17)12-9-6-7(15(18)19)2-4-10(9)21-13(11)12;/h2-6H,1H3,(H,16,17);1H. The Balaban J connectivity index is 0.00000176. The van der Waals surface area contributed by atoms with Gasteiger partial charge in [-0.2, -0.15) is 0 Å². The molecule has 0 unspecified atom stereocenters. The second kappa shape index (κ2) is 5.53. The molecule has 0 saturated carbocycles. The van der Waals surface area contributed by atoms with Crippen molar-refractivity contribution in [2.24, 2.45) is 0 Å². The van der Waals surface area contributed by atoms with Crippen LogP contribution in [-0.2, 0) is 0 Å². The molecule has 3 aromatic rings. The fourth-order valence-corrected chi connectivity index (χ4v) is 2.30. The predicted molar refractivity (Wildman–Crippen MR) is 81.1 cm³/mol. The fourth-order valence-electron chi connectivity index (χ4n) is 2.30. The van der Waals surface area contributed by atoms with E-state index in [2.05, 4.69) is 0 Å². The van der Waals surface area contributed by atoms with Crippen LogP contribution in [0.4, 0.5) is 5.69 Å². The first-order valence-electron chi connectivity index (χ1n) is 5.94. The summed E-state index contributed by atoms with van der Waals surface area (Å²) < 4.78 is 10.7. The van der Waals surface area contributed by atoms with Gasteiger partial charge in [-0.15, -0.1) is 12.4 Å². The Morgan fingerprint density at radius 2 is 2.05 bits per heavy atom. The van der Waals surface area contributed by atoms with Crippen molar-refractivity contribution in [2.75, 3.05) is 7.11 Å². The molecule has 0 amide bonds. The number of nitro groups is 1. The largest absolute Gasteiger partial charge is 0.493 e. The van der Waals surface area contributed by atoms with Crippen LogP contribution in [0.1, 0.15) is 10.4 Å². The second-order valence-corrected chi connectivity index (χ2v) is 4.36. The molecule has 8 heteroatoms. The number of carboxylic acid groups (broad SMARTS) is 1. The molecule has 3 rings (SSSR count). The van der Waals surface area contributed by atoms with Crippen LogP contribution in [0.5, 0.6) is 5.75 Å². The van der Waals surface area contributed by atoms with Crippen molar-refractivity contribution < 1.29 is 24.0 Å². The number of carboxylic acids is 1. The highest BCUT2D eigenvalue weighted by molar-refractivity contribution is 6.16. The summed E-state index contributed by atoms with van der Waals surface area (Å²) in [6, 6.07) is 6.92. The van der Waals surface area contributed by atoms with Crippen molar-refractivity contribution in [3.8, 4) is 5.75 Å². The molecule has 0 bridgehead atoms. The summed E-state index contributed by atoms with van der Waals surface area (Å²) in [5.74, 6) is -0.772. The Kier molecular flexibility index (Phi) is 3.92. The third kappa shape index (κ3) is 2.21. The van der Waals surface area contributed by atoms with Gasteiger partial charge in [0.2, 0.25) is 0 Å². The summed E-state index contributed by atoms with van der Waals surface area (Å²) in [7, 11) is 1.44. The highest BCUT2D eigenvalue weighted by atomic mass is 35.5. The molecule has 0 aliphatic carbocycles. The summed E-state index contributed by atoms with van der Waals surface area (Å²) in [6.07, 6.45) is 0. The number of aromatic carboxylic acids is 1. The first-order chi connectivity index (χ1) is 10.0. The van der Waals surface area contributed by atoms with E-state index in [1.54, 1.807) is 0 Å². The number of halogens is 1. The van der Waals surface area contributed by atoms with E-state index in [9.17, 15) is 20.0 Å². The number of rotatable bonds is 3. The minimum Gasteiger partial charge on any atom is -0.493 e. The van der Waals surface area contributed by atoms with Crippen molar-refractivity contribution in [1.29, 1.82) is 0 Å². The van der Waals surface area contributed by atoms with Crippen molar-refractivity contribution in [1.82, 2.24) is 0 Å². The van der Waals surface area contributed by atoms with E-state index in [4.69, 9.17) is 9.15 Å². The van der Waals surface area contributed by atoms with Gasteiger partial charge in [0.25, 0.3) is 5.69 Å². The van der Waals surface area contributed by atoms with Gasteiger partial charge in [0.15, 0.2) is 11.3 Å². The molecule has 0 spiro atoms. The quantitative estimate of drug-likeness (QED) is 0.583. The number of carbonyl (C=O) groups is 1. The smallest absolute Gasteiger partial charge is 0.336 e. The average molecular weight is 324 g/mol. The molecule has 0 aliphatic heterocycles. The number of hydrogen-bond donors (Lipinski definition) is 1. The number of furan rings is 1. The van der Waals surface area contributed by atoms with Gasteiger partial charge < -0.3 is 14.3 Å². The Morgan fingerprint density at radius 1 is 1.32 bits per heavy atom. The molecule has 1 aromatic heterocycles. The van der Waals surface area contributed by atoms with Gasteiger partial charge >= 0.3 is 5.97 Å². The molecule has 0 saturated heterocycles. The van der Waals surface area contributed by atoms with Gasteiger partial charge in [-0.05, 0) is 18.2 Å². The molecule has 22 heavy (non-hydrogen) atoms. The van der Waals surface area contributed by atoms with Gasteiger partial charge in [0.1, 0.15) is 5.58 Å². The molecule has 0 radical (unpaired) electrons. The van der Waals surface area contributed by atoms with Crippen LogP contribution in [0.2, 0.25) is 0 Å². The first-order valence-corrected chi connectivity index (χ1v) is 5.94. The van der Waals surface area contributed by atoms with Crippen LogP contribution in [0, 0.1) is 10.1 Å². The van der Waals surface area contributed by atoms with Crippen molar-refractivity contribution >= 4 is 46.0 Å². The maximum absolute atomic E-state index is 11.4. The van der Waals surface area contributed by atoms with Crippen LogP contribution < -0.4 is 4.74 Å². The molecule has 114 valence electrons. The normalized spacial score (nSPS) is 10.4. The number of nitro benzene ring substituents is 1. The number of benzene rings is 2. The van der Waals surface area contributed by atoms with E-state index in [-0.39, 0.29) is 29.2 Å². The lowest BCUT2D eigenvalue weighted by molar-refractivity contribution is -0.384. The third-order valence-corrected chi connectivity index (χ3v) is 3.23. The molecule has 0 atom stereocenters. The Labute approximate surface area is 129 Å². The average Bonchev–Trinajstić information content (AvgIpc) is 2.84. The van der Waals surface area contributed by atoms with E-state index in [1.165, 1.54) is 37.4 Å². The summed E-state index contributed by atoms with van der Waals surface area (Å²) in [4.78, 5) is 21.7. The Morgan fingerprint density at radius 3 is 2.64 bits per heavy atom. The number of nitrogens with zero attached hydrogens (tertiary/aromatic N) is 1. The number of ether oxygens (including phenoxy) is 1. The van der Waals surface area contributed by atoms with Crippen LogP contribution in [0.3, 0.4) is 0 Å². The predicted octanol–water partition coefficient (Wildman–Crippen LogP) is 3.62. The molecule has 1 N–H and O–H groups in total. The molecule has 7 nitrogen and oxygen atoms in total. The summed E-state index contributed by atoms with van der Waals surface area (Å²) in [5, 5.41) is 20.8. The zero-order chi connectivity index (χ0) is 15.1. The van der Waals surface area contributed by atoms with Crippen LogP contribution in [0.25, 0.3) is 21.9 Å². The molecular formula is C14H10ClNO6. The maximum atomic E-state index is 11.4. The van der Waals surface area contributed by atoms with Crippen molar-refractivity contribution in [2.45, 2.75) is 0 Å².